The van der Waals surface area contributed by atoms with Crippen LogP contribution in [0.2, 0.25) is 0 Å². The monoisotopic (exact) mass is 349 g/mol. The molecular weight excluding hydrogens is 330 g/mol. The Hall–Kier alpha value is -3.21. The first-order chi connectivity index (χ1) is 12.7. The number of carbonyl (C=O) groups excluding carboxylic acids is 1. The molecule has 8 nitrogen and oxygen atoms in total. The second-order valence-corrected chi connectivity index (χ2v) is 6.54. The van der Waals surface area contributed by atoms with Crippen molar-refractivity contribution in [2.45, 2.75) is 32.6 Å². The van der Waals surface area contributed by atoms with Gasteiger partial charge in [-0.3, -0.25) is 4.79 Å². The van der Waals surface area contributed by atoms with Crippen LogP contribution in [0, 0.1) is 24.2 Å². The maximum Gasteiger partial charge on any atom is 0.244 e. The lowest BCUT2D eigenvalue weighted by atomic mass is 10.1. The summed E-state index contributed by atoms with van der Waals surface area (Å²) in [4.78, 5) is 15.5. The third-order valence-electron chi connectivity index (χ3n) is 4.31. The molecule has 132 valence electrons. The van der Waals surface area contributed by atoms with Crippen molar-refractivity contribution >= 4 is 17.1 Å². The fraction of sp³-hybridized carbons (Fsp3) is 0.389. The van der Waals surface area contributed by atoms with Gasteiger partial charge in [0.2, 0.25) is 5.91 Å². The van der Waals surface area contributed by atoms with Crippen molar-refractivity contribution in [2.24, 2.45) is 5.92 Å². The van der Waals surface area contributed by atoms with Crippen molar-refractivity contribution < 1.29 is 4.79 Å². The number of nitrogens with zero attached hydrogens (tertiary/aromatic N) is 7. The van der Waals surface area contributed by atoms with E-state index in [1.807, 2.05) is 13.0 Å². The number of hydrogen-bond donors (Lipinski definition) is 0. The highest BCUT2D eigenvalue weighted by Gasteiger charge is 2.33. The number of fused-ring (bicyclic) bond motifs is 1. The molecule has 1 saturated heterocycles. The molecule has 1 amide bonds. The standard InChI is InChI=1S/C15H13N7O.C3H6/c1-10-8-18-22(19-10)12-6-14-13(2-4-17-21(14)9-12)20-5-3-11(7-16)15(20)23;1-2-3-1/h2,4,6,8-9,11H,3,5H2,1H3;1-3H2. The first-order valence-corrected chi connectivity index (χ1v) is 8.75. The number of amides is 1. The highest BCUT2D eigenvalue weighted by Crippen LogP contribution is 2.29. The smallest absolute Gasteiger partial charge is 0.244 e. The number of hydrogen-bond acceptors (Lipinski definition) is 5. The fourth-order valence-electron chi connectivity index (χ4n) is 2.83. The Morgan fingerprint density at radius 2 is 2.08 bits per heavy atom. The molecule has 2 fully saturated rings. The fourth-order valence-corrected chi connectivity index (χ4v) is 2.83. The molecule has 0 spiro atoms. The van der Waals surface area contributed by atoms with Crippen LogP contribution in [0.5, 0.6) is 0 Å². The number of carbonyl (C=O) groups is 1. The van der Waals surface area contributed by atoms with Crippen LogP contribution < -0.4 is 4.90 Å². The molecule has 26 heavy (non-hydrogen) atoms. The lowest BCUT2D eigenvalue weighted by Gasteiger charge is -2.16. The van der Waals surface area contributed by atoms with Gasteiger partial charge >= 0.3 is 0 Å². The molecule has 1 aliphatic carbocycles. The van der Waals surface area contributed by atoms with E-state index in [9.17, 15) is 4.79 Å². The summed E-state index contributed by atoms with van der Waals surface area (Å²) in [5.41, 5.74) is 3.11. The van der Waals surface area contributed by atoms with E-state index in [0.29, 0.717) is 13.0 Å². The average molecular weight is 349 g/mol. The molecule has 0 aromatic carbocycles. The predicted octanol–water partition coefficient (Wildman–Crippen LogP) is 2.27. The summed E-state index contributed by atoms with van der Waals surface area (Å²) in [5, 5.41) is 21.8. The molecule has 3 aromatic rings. The second-order valence-electron chi connectivity index (χ2n) is 6.54. The number of nitriles is 1. The van der Waals surface area contributed by atoms with Crippen LogP contribution in [-0.2, 0) is 4.79 Å². The molecular formula is C18H19N7O. The molecule has 0 bridgehead atoms. The molecule has 5 rings (SSSR count). The Kier molecular flexibility index (Phi) is 4.13. The highest BCUT2D eigenvalue weighted by molar-refractivity contribution is 6.02. The van der Waals surface area contributed by atoms with Crippen LogP contribution in [0.3, 0.4) is 0 Å². The Bertz CT molecular complexity index is 992. The Labute approximate surface area is 150 Å². The summed E-state index contributed by atoms with van der Waals surface area (Å²) in [7, 11) is 0. The van der Waals surface area contributed by atoms with E-state index in [-0.39, 0.29) is 5.91 Å². The summed E-state index contributed by atoms with van der Waals surface area (Å²) >= 11 is 0. The maximum atomic E-state index is 12.3. The number of aromatic nitrogens is 5. The van der Waals surface area contributed by atoms with E-state index >= 15 is 0 Å². The van der Waals surface area contributed by atoms with Gasteiger partial charge in [-0.2, -0.15) is 20.6 Å². The normalized spacial score (nSPS) is 18.5. The molecule has 1 atom stereocenters. The van der Waals surface area contributed by atoms with Crippen LogP contribution in [0.1, 0.15) is 31.4 Å². The van der Waals surface area contributed by atoms with Crippen molar-refractivity contribution in [3.05, 3.63) is 36.4 Å². The molecule has 1 aliphatic heterocycles. The van der Waals surface area contributed by atoms with Crippen molar-refractivity contribution in [2.75, 3.05) is 11.4 Å². The first-order valence-electron chi connectivity index (χ1n) is 8.75. The van der Waals surface area contributed by atoms with Gasteiger partial charge in [0.15, 0.2) is 0 Å². The minimum Gasteiger partial charge on any atom is -0.309 e. The molecule has 1 saturated carbocycles. The Balaban J connectivity index is 0.000000510. The summed E-state index contributed by atoms with van der Waals surface area (Å²) in [5.74, 6) is -0.718. The van der Waals surface area contributed by atoms with Gasteiger partial charge in [-0.25, -0.2) is 4.52 Å². The topological polar surface area (TPSA) is 92.1 Å². The second kappa shape index (κ2) is 6.59. The van der Waals surface area contributed by atoms with Crippen LogP contribution >= 0.6 is 0 Å². The van der Waals surface area contributed by atoms with Gasteiger partial charge in [-0.1, -0.05) is 19.3 Å². The molecule has 2 aliphatic rings. The van der Waals surface area contributed by atoms with Gasteiger partial charge in [0.05, 0.1) is 35.4 Å². The summed E-state index contributed by atoms with van der Waals surface area (Å²) in [6.07, 6.45) is 10.2. The van der Waals surface area contributed by atoms with Gasteiger partial charge < -0.3 is 4.90 Å². The van der Waals surface area contributed by atoms with Gasteiger partial charge in [0.25, 0.3) is 0 Å². The van der Waals surface area contributed by atoms with E-state index in [0.717, 1.165) is 22.6 Å². The largest absolute Gasteiger partial charge is 0.309 e. The first kappa shape index (κ1) is 16.3. The minimum absolute atomic E-state index is 0.156. The van der Waals surface area contributed by atoms with Crippen LogP contribution in [0.25, 0.3) is 11.2 Å². The minimum atomic E-state index is -0.562. The van der Waals surface area contributed by atoms with Gasteiger partial charge in [-0.05, 0) is 25.5 Å². The average Bonchev–Trinajstić information content (AvgIpc) is 3.23. The molecule has 4 heterocycles. The Morgan fingerprint density at radius 3 is 2.69 bits per heavy atom. The highest BCUT2D eigenvalue weighted by atomic mass is 16.2. The van der Waals surface area contributed by atoms with Crippen LogP contribution in [0.15, 0.2) is 30.7 Å². The van der Waals surface area contributed by atoms with E-state index in [2.05, 4.69) is 21.4 Å². The van der Waals surface area contributed by atoms with Crippen LogP contribution in [0.4, 0.5) is 5.69 Å². The van der Waals surface area contributed by atoms with Crippen molar-refractivity contribution in [1.82, 2.24) is 24.6 Å². The third kappa shape index (κ3) is 3.04. The lowest BCUT2D eigenvalue weighted by Crippen LogP contribution is -2.27. The van der Waals surface area contributed by atoms with E-state index in [1.54, 1.807) is 34.1 Å². The lowest BCUT2D eigenvalue weighted by molar-refractivity contribution is -0.118. The van der Waals surface area contributed by atoms with Gasteiger partial charge in [0.1, 0.15) is 11.6 Å². The van der Waals surface area contributed by atoms with Crippen molar-refractivity contribution in [1.29, 1.82) is 5.26 Å². The van der Waals surface area contributed by atoms with E-state index < -0.39 is 5.92 Å². The number of rotatable bonds is 2. The zero-order valence-corrected chi connectivity index (χ0v) is 14.5. The molecule has 0 N–H and O–H groups in total. The predicted molar refractivity (Wildman–Crippen MR) is 94.8 cm³/mol. The van der Waals surface area contributed by atoms with Gasteiger partial charge in [0, 0.05) is 12.7 Å². The quantitative estimate of drug-likeness (QED) is 0.708. The molecule has 1 unspecified atom stereocenters. The zero-order valence-electron chi connectivity index (χ0n) is 14.5. The summed E-state index contributed by atoms with van der Waals surface area (Å²) in [6, 6.07) is 5.73. The molecule has 8 heteroatoms. The Morgan fingerprint density at radius 1 is 1.27 bits per heavy atom. The number of aryl methyl sites for hydroxylation is 1. The summed E-state index contributed by atoms with van der Waals surface area (Å²) in [6.45, 7) is 2.41. The molecule has 0 radical (unpaired) electrons. The van der Waals surface area contributed by atoms with Crippen molar-refractivity contribution in [3.63, 3.8) is 0 Å². The third-order valence-corrected chi connectivity index (χ3v) is 4.31. The van der Waals surface area contributed by atoms with E-state index in [1.165, 1.54) is 24.1 Å². The van der Waals surface area contributed by atoms with E-state index in [4.69, 9.17) is 5.26 Å². The molecule has 3 aromatic heterocycles. The zero-order chi connectivity index (χ0) is 18.1. The summed E-state index contributed by atoms with van der Waals surface area (Å²) < 4.78 is 1.69. The number of anilines is 1. The maximum absolute atomic E-state index is 12.3. The van der Waals surface area contributed by atoms with Crippen LogP contribution in [-0.4, -0.2) is 37.1 Å². The van der Waals surface area contributed by atoms with Crippen molar-refractivity contribution in [3.8, 4) is 11.8 Å². The SMILES string of the molecule is C1CC1.Cc1cnn(-c2cc3c(N4CCC(C#N)C4=O)ccnn3c2)n1. The van der Waals surface area contributed by atoms with Gasteiger partial charge in [-0.15, -0.1) is 4.80 Å².